The summed E-state index contributed by atoms with van der Waals surface area (Å²) >= 11 is 1.92. The van der Waals surface area contributed by atoms with E-state index in [0.717, 1.165) is 18.2 Å². The number of nitrogens with one attached hydrogen (secondary N) is 1. The molecule has 0 spiro atoms. The Morgan fingerprint density at radius 2 is 2.00 bits per heavy atom. The summed E-state index contributed by atoms with van der Waals surface area (Å²) in [4.78, 5) is 8.48. The summed E-state index contributed by atoms with van der Waals surface area (Å²) in [6.45, 7) is 2.83. The Labute approximate surface area is 114 Å². The maximum atomic E-state index is 5.11. The zero-order chi connectivity index (χ0) is 13.2. The molecular weight excluding hydrogens is 246 g/mol. The molecule has 102 valence electrons. The highest BCUT2D eigenvalue weighted by Crippen LogP contribution is 2.13. The van der Waals surface area contributed by atoms with Crippen LogP contribution < -0.4 is 10.1 Å². The number of hydrogen-bond acceptors (Lipinski definition) is 5. The van der Waals surface area contributed by atoms with Crippen LogP contribution in [0.2, 0.25) is 0 Å². The van der Waals surface area contributed by atoms with Crippen LogP contribution in [-0.2, 0) is 0 Å². The van der Waals surface area contributed by atoms with Gasteiger partial charge in [-0.15, -0.1) is 0 Å². The Bertz CT molecular complexity index is 347. The Kier molecular flexibility index (Phi) is 7.57. The second-order valence-electron chi connectivity index (χ2n) is 4.18. The van der Waals surface area contributed by atoms with Crippen LogP contribution in [-0.4, -0.2) is 35.6 Å². The van der Waals surface area contributed by atoms with Crippen LogP contribution in [0.25, 0.3) is 0 Å². The number of anilines is 1. The summed E-state index contributed by atoms with van der Waals surface area (Å²) in [6, 6.07) is 1.83. The average molecular weight is 269 g/mol. The minimum absolute atomic E-state index is 0.616. The highest BCUT2D eigenvalue weighted by atomic mass is 32.2. The van der Waals surface area contributed by atoms with Gasteiger partial charge in [-0.2, -0.15) is 16.7 Å². The quantitative estimate of drug-likeness (QED) is 0.698. The molecule has 1 aromatic heterocycles. The van der Waals surface area contributed by atoms with Gasteiger partial charge in [0.1, 0.15) is 11.6 Å². The Morgan fingerprint density at radius 3 is 2.72 bits per heavy atom. The molecular formula is C13H23N3OS. The molecule has 0 atom stereocenters. The van der Waals surface area contributed by atoms with Gasteiger partial charge in [0, 0.05) is 12.6 Å². The maximum Gasteiger partial charge on any atom is 0.218 e. The van der Waals surface area contributed by atoms with E-state index in [0.29, 0.717) is 5.88 Å². The van der Waals surface area contributed by atoms with Crippen LogP contribution in [0.15, 0.2) is 6.07 Å². The third kappa shape index (κ3) is 6.10. The summed E-state index contributed by atoms with van der Waals surface area (Å²) < 4.78 is 5.11. The van der Waals surface area contributed by atoms with Crippen molar-refractivity contribution in [1.82, 2.24) is 9.97 Å². The molecule has 0 aliphatic carbocycles. The second kappa shape index (κ2) is 9.03. The third-order valence-corrected chi connectivity index (χ3v) is 3.30. The third-order valence-electron chi connectivity index (χ3n) is 2.60. The number of thioether (sulfide) groups is 1. The van der Waals surface area contributed by atoms with Gasteiger partial charge in [-0.25, -0.2) is 4.98 Å². The number of aryl methyl sites for hydroxylation is 1. The molecule has 18 heavy (non-hydrogen) atoms. The molecule has 4 nitrogen and oxygen atoms in total. The number of nitrogens with zero attached hydrogens (tertiary/aromatic N) is 2. The van der Waals surface area contributed by atoms with Gasteiger partial charge in [0.15, 0.2) is 0 Å². The number of hydrogen-bond donors (Lipinski definition) is 1. The van der Waals surface area contributed by atoms with Crippen molar-refractivity contribution in [2.45, 2.75) is 32.6 Å². The highest BCUT2D eigenvalue weighted by molar-refractivity contribution is 7.98. The average Bonchev–Trinajstić information content (AvgIpc) is 2.37. The van der Waals surface area contributed by atoms with Crippen LogP contribution in [0.4, 0.5) is 5.82 Å². The van der Waals surface area contributed by atoms with E-state index in [1.165, 1.54) is 31.4 Å². The van der Waals surface area contributed by atoms with E-state index in [1.807, 2.05) is 24.8 Å². The summed E-state index contributed by atoms with van der Waals surface area (Å²) in [6.07, 6.45) is 7.25. The van der Waals surface area contributed by atoms with E-state index < -0.39 is 0 Å². The van der Waals surface area contributed by atoms with E-state index >= 15 is 0 Å². The molecule has 0 aliphatic rings. The summed E-state index contributed by atoms with van der Waals surface area (Å²) in [5, 5.41) is 3.31. The van der Waals surface area contributed by atoms with E-state index in [1.54, 1.807) is 7.11 Å². The molecule has 1 heterocycles. The molecule has 5 heteroatoms. The Hall–Kier alpha value is -0.970. The first-order chi connectivity index (χ1) is 8.76. The van der Waals surface area contributed by atoms with Crippen molar-refractivity contribution in [3.8, 4) is 5.88 Å². The Balaban J connectivity index is 2.20. The molecule has 0 aliphatic heterocycles. The van der Waals surface area contributed by atoms with Crippen LogP contribution in [0, 0.1) is 6.92 Å². The zero-order valence-electron chi connectivity index (χ0n) is 11.5. The van der Waals surface area contributed by atoms with Gasteiger partial charge in [0.2, 0.25) is 5.88 Å². The molecule has 0 unspecified atom stereocenters. The molecule has 0 bridgehead atoms. The van der Waals surface area contributed by atoms with Crippen molar-refractivity contribution in [2.24, 2.45) is 0 Å². The van der Waals surface area contributed by atoms with Crippen molar-refractivity contribution < 1.29 is 4.74 Å². The van der Waals surface area contributed by atoms with Crippen molar-refractivity contribution >= 4 is 17.6 Å². The molecule has 1 N–H and O–H groups in total. The lowest BCUT2D eigenvalue weighted by molar-refractivity contribution is 0.396. The van der Waals surface area contributed by atoms with Crippen molar-refractivity contribution in [3.05, 3.63) is 11.9 Å². The molecule has 0 saturated heterocycles. The van der Waals surface area contributed by atoms with Crippen LogP contribution >= 0.6 is 11.8 Å². The van der Waals surface area contributed by atoms with E-state index in [4.69, 9.17) is 4.74 Å². The van der Waals surface area contributed by atoms with Gasteiger partial charge in [0.05, 0.1) is 7.11 Å². The number of aromatic nitrogens is 2. The molecule has 0 amide bonds. The summed E-state index contributed by atoms with van der Waals surface area (Å²) in [5.41, 5.74) is 0. The fourth-order valence-electron chi connectivity index (χ4n) is 1.68. The van der Waals surface area contributed by atoms with E-state index in [2.05, 4.69) is 21.5 Å². The van der Waals surface area contributed by atoms with Gasteiger partial charge >= 0.3 is 0 Å². The first-order valence-corrected chi connectivity index (χ1v) is 7.78. The van der Waals surface area contributed by atoms with Crippen LogP contribution in [0.1, 0.15) is 31.5 Å². The van der Waals surface area contributed by atoms with E-state index in [-0.39, 0.29) is 0 Å². The predicted octanol–water partition coefficient (Wildman–Crippen LogP) is 3.13. The zero-order valence-corrected chi connectivity index (χ0v) is 12.3. The summed E-state index contributed by atoms with van der Waals surface area (Å²) in [7, 11) is 1.62. The molecule has 0 aromatic carbocycles. The number of rotatable bonds is 9. The van der Waals surface area contributed by atoms with Gasteiger partial charge in [0.25, 0.3) is 0 Å². The maximum absolute atomic E-state index is 5.11. The first-order valence-electron chi connectivity index (χ1n) is 6.38. The lowest BCUT2D eigenvalue weighted by Gasteiger charge is -2.07. The second-order valence-corrected chi connectivity index (χ2v) is 5.16. The van der Waals surface area contributed by atoms with Crippen molar-refractivity contribution in [2.75, 3.05) is 31.0 Å². The van der Waals surface area contributed by atoms with Gasteiger partial charge in [-0.3, -0.25) is 0 Å². The van der Waals surface area contributed by atoms with Crippen LogP contribution in [0.3, 0.4) is 0 Å². The summed E-state index contributed by atoms with van der Waals surface area (Å²) in [5.74, 6) is 3.47. The Morgan fingerprint density at radius 1 is 1.22 bits per heavy atom. The predicted molar refractivity (Wildman–Crippen MR) is 78.7 cm³/mol. The molecule has 0 saturated carbocycles. The number of unbranched alkanes of at least 4 members (excludes halogenated alkanes) is 3. The van der Waals surface area contributed by atoms with Gasteiger partial charge < -0.3 is 10.1 Å². The van der Waals surface area contributed by atoms with Crippen molar-refractivity contribution in [3.63, 3.8) is 0 Å². The highest BCUT2D eigenvalue weighted by Gasteiger charge is 2.00. The largest absolute Gasteiger partial charge is 0.481 e. The molecule has 1 rings (SSSR count). The first kappa shape index (κ1) is 15.1. The normalized spacial score (nSPS) is 10.4. The SMILES string of the molecule is COc1cc(NCCCCCCSC)nc(C)n1. The number of methoxy groups -OCH3 is 1. The lowest BCUT2D eigenvalue weighted by atomic mass is 10.2. The smallest absolute Gasteiger partial charge is 0.218 e. The van der Waals surface area contributed by atoms with Crippen LogP contribution in [0.5, 0.6) is 5.88 Å². The minimum atomic E-state index is 0.616. The standard InChI is InChI=1S/C13H23N3OS/c1-11-15-12(10-13(16-11)17-2)14-8-6-4-5-7-9-18-3/h10H,4-9H2,1-3H3,(H,14,15,16). The lowest BCUT2D eigenvalue weighted by Crippen LogP contribution is -2.05. The molecule has 0 radical (unpaired) electrons. The fraction of sp³-hybridized carbons (Fsp3) is 0.692. The topological polar surface area (TPSA) is 47.0 Å². The van der Waals surface area contributed by atoms with Gasteiger partial charge in [-0.05, 0) is 31.8 Å². The molecule has 0 fully saturated rings. The number of ether oxygens (including phenoxy) is 1. The van der Waals surface area contributed by atoms with Crippen molar-refractivity contribution in [1.29, 1.82) is 0 Å². The van der Waals surface area contributed by atoms with Gasteiger partial charge in [-0.1, -0.05) is 12.8 Å². The monoisotopic (exact) mass is 269 g/mol. The minimum Gasteiger partial charge on any atom is -0.481 e. The fourth-order valence-corrected chi connectivity index (χ4v) is 2.17. The molecule has 1 aromatic rings. The van der Waals surface area contributed by atoms with E-state index in [9.17, 15) is 0 Å².